The number of non-ortho nitro benzene ring substituents is 1. The molecule has 1 heterocycles. The molecule has 0 saturated carbocycles. The summed E-state index contributed by atoms with van der Waals surface area (Å²) in [5, 5.41) is 12.3. The van der Waals surface area contributed by atoms with E-state index >= 15 is 0 Å². The molecule has 0 aliphatic carbocycles. The molecule has 4 aromatic carbocycles. The van der Waals surface area contributed by atoms with Crippen LogP contribution in [0.2, 0.25) is 0 Å². The van der Waals surface area contributed by atoms with E-state index in [1.54, 1.807) is 12.1 Å². The van der Waals surface area contributed by atoms with Gasteiger partial charge < -0.3 is 4.98 Å². The lowest BCUT2D eigenvalue weighted by Gasteiger charge is -2.23. The maximum atomic E-state index is 11.5. The van der Waals surface area contributed by atoms with Gasteiger partial charge in [-0.2, -0.15) is 0 Å². The third-order valence-electron chi connectivity index (χ3n) is 6.01. The summed E-state index contributed by atoms with van der Waals surface area (Å²) in [5.74, 6) is 0. The molecule has 5 nitrogen and oxygen atoms in total. The van der Waals surface area contributed by atoms with Crippen molar-refractivity contribution in [2.45, 2.75) is 19.6 Å². The Bertz CT molecular complexity index is 1360. The van der Waals surface area contributed by atoms with Gasteiger partial charge in [0, 0.05) is 53.9 Å². The fraction of sp³-hybridized carbons (Fsp3) is 0.103. The summed E-state index contributed by atoms with van der Waals surface area (Å²) in [6.45, 7) is 2.26. The van der Waals surface area contributed by atoms with Gasteiger partial charge in [-0.15, -0.1) is 0 Å². The van der Waals surface area contributed by atoms with Crippen LogP contribution in [-0.4, -0.2) is 14.8 Å². The van der Waals surface area contributed by atoms with Gasteiger partial charge in [0.2, 0.25) is 0 Å². The maximum Gasteiger partial charge on any atom is 0.270 e. The first kappa shape index (κ1) is 21.6. The number of aromatic amines is 1. The molecule has 0 atom stereocenters. The Morgan fingerprint density at radius 1 is 0.706 bits per heavy atom. The number of rotatable bonds is 8. The zero-order valence-corrected chi connectivity index (χ0v) is 18.7. The highest BCUT2D eigenvalue weighted by molar-refractivity contribution is 5.98. The smallest absolute Gasteiger partial charge is 0.270 e. The van der Waals surface area contributed by atoms with Crippen molar-refractivity contribution >= 4 is 16.6 Å². The summed E-state index contributed by atoms with van der Waals surface area (Å²) in [4.78, 5) is 17.1. The van der Waals surface area contributed by atoms with E-state index in [2.05, 4.69) is 70.5 Å². The van der Waals surface area contributed by atoms with Crippen LogP contribution in [-0.2, 0) is 19.6 Å². The molecule has 0 unspecified atom stereocenters. The Labute approximate surface area is 198 Å². The molecule has 0 saturated heterocycles. The number of hydrogen-bond acceptors (Lipinski definition) is 3. The predicted octanol–water partition coefficient (Wildman–Crippen LogP) is 6.95. The molecule has 0 bridgehead atoms. The Morgan fingerprint density at radius 2 is 1.26 bits per heavy atom. The van der Waals surface area contributed by atoms with Crippen LogP contribution >= 0.6 is 0 Å². The highest BCUT2D eigenvalue weighted by Crippen LogP contribution is 2.35. The first-order valence-electron chi connectivity index (χ1n) is 11.3. The first-order chi connectivity index (χ1) is 16.7. The van der Waals surface area contributed by atoms with E-state index in [4.69, 9.17) is 0 Å². The molecular weight excluding hydrogens is 422 g/mol. The summed E-state index contributed by atoms with van der Waals surface area (Å²) in [6, 6.07) is 36.0. The van der Waals surface area contributed by atoms with Crippen molar-refractivity contribution in [3.63, 3.8) is 0 Å². The maximum absolute atomic E-state index is 11.5. The van der Waals surface area contributed by atoms with Gasteiger partial charge >= 0.3 is 0 Å². The molecule has 0 amide bonds. The minimum Gasteiger partial charge on any atom is -0.357 e. The largest absolute Gasteiger partial charge is 0.357 e. The molecule has 0 aliphatic heterocycles. The van der Waals surface area contributed by atoms with E-state index in [0.29, 0.717) is 6.54 Å². The number of nitro groups is 1. The minimum absolute atomic E-state index is 0.0978. The van der Waals surface area contributed by atoms with E-state index < -0.39 is 0 Å². The second-order valence-electron chi connectivity index (χ2n) is 8.45. The lowest BCUT2D eigenvalue weighted by Crippen LogP contribution is -2.23. The lowest BCUT2D eigenvalue weighted by atomic mass is 10.0. The van der Waals surface area contributed by atoms with Crippen LogP contribution < -0.4 is 0 Å². The molecular formula is C29H25N3O2. The molecule has 5 aromatic rings. The summed E-state index contributed by atoms with van der Waals surface area (Å²) >= 11 is 0. The van der Waals surface area contributed by atoms with Crippen LogP contribution in [0.3, 0.4) is 0 Å². The van der Waals surface area contributed by atoms with Crippen molar-refractivity contribution < 1.29 is 4.92 Å². The van der Waals surface area contributed by atoms with Crippen molar-refractivity contribution in [3.05, 3.63) is 136 Å². The van der Waals surface area contributed by atoms with Crippen LogP contribution in [0.1, 0.15) is 16.8 Å². The summed E-state index contributed by atoms with van der Waals surface area (Å²) in [5.41, 5.74) is 6.60. The number of H-pyrrole nitrogens is 1. The number of hydrogen-bond donors (Lipinski definition) is 1. The van der Waals surface area contributed by atoms with Crippen LogP contribution in [0.25, 0.3) is 22.0 Å². The molecule has 1 N–H and O–H groups in total. The molecule has 0 spiro atoms. The summed E-state index contributed by atoms with van der Waals surface area (Å²) in [7, 11) is 0. The van der Waals surface area contributed by atoms with Crippen LogP contribution in [0, 0.1) is 10.1 Å². The molecule has 0 fully saturated rings. The number of fused-ring (bicyclic) bond motifs is 1. The summed E-state index contributed by atoms with van der Waals surface area (Å²) < 4.78 is 0. The molecule has 5 heteroatoms. The quantitative estimate of drug-likeness (QED) is 0.207. The number of nitrogens with zero attached hydrogens (tertiary/aromatic N) is 2. The van der Waals surface area contributed by atoms with Gasteiger partial charge in [-0.1, -0.05) is 91.0 Å². The van der Waals surface area contributed by atoms with E-state index in [-0.39, 0.29) is 10.6 Å². The second-order valence-corrected chi connectivity index (χ2v) is 8.45. The van der Waals surface area contributed by atoms with Crippen LogP contribution in [0.15, 0.2) is 109 Å². The van der Waals surface area contributed by atoms with E-state index in [1.165, 1.54) is 11.1 Å². The highest BCUT2D eigenvalue weighted by Gasteiger charge is 2.19. The Hall–Kier alpha value is -4.22. The monoisotopic (exact) mass is 447 g/mol. The van der Waals surface area contributed by atoms with Crippen LogP contribution in [0.5, 0.6) is 0 Å². The number of nitro benzene ring substituents is 1. The van der Waals surface area contributed by atoms with Gasteiger partial charge in [0.15, 0.2) is 0 Å². The Kier molecular flexibility index (Phi) is 6.19. The third-order valence-corrected chi connectivity index (χ3v) is 6.01. The zero-order valence-electron chi connectivity index (χ0n) is 18.7. The third kappa shape index (κ3) is 4.75. The fourth-order valence-electron chi connectivity index (χ4n) is 4.48. The number of nitrogens with one attached hydrogen (secondary N) is 1. The number of benzene rings is 4. The topological polar surface area (TPSA) is 62.2 Å². The minimum atomic E-state index is -0.335. The molecule has 0 aliphatic rings. The van der Waals surface area contributed by atoms with E-state index in [9.17, 15) is 10.1 Å². The molecule has 34 heavy (non-hydrogen) atoms. The zero-order chi connectivity index (χ0) is 23.3. The predicted molar refractivity (Wildman–Crippen MR) is 136 cm³/mol. The average Bonchev–Trinajstić information content (AvgIpc) is 3.22. The molecule has 5 rings (SSSR count). The van der Waals surface area contributed by atoms with Crippen molar-refractivity contribution in [2.75, 3.05) is 0 Å². The fourth-order valence-corrected chi connectivity index (χ4v) is 4.48. The summed E-state index contributed by atoms with van der Waals surface area (Å²) in [6.07, 6.45) is 0. The SMILES string of the molecule is O=[N+]([O-])c1ccc2[nH]c(CN(Cc3ccccc3)Cc3ccccc3)c(-c3ccccc3)c2c1. The molecule has 168 valence electrons. The van der Waals surface area contributed by atoms with Crippen molar-refractivity contribution in [2.24, 2.45) is 0 Å². The number of aromatic nitrogens is 1. The molecule has 1 aromatic heterocycles. The van der Waals surface area contributed by atoms with Gasteiger partial charge in [0.1, 0.15) is 0 Å². The van der Waals surface area contributed by atoms with Gasteiger partial charge in [0.25, 0.3) is 5.69 Å². The van der Waals surface area contributed by atoms with Crippen molar-refractivity contribution in [1.82, 2.24) is 9.88 Å². The second kappa shape index (κ2) is 9.73. The van der Waals surface area contributed by atoms with Crippen molar-refractivity contribution in [1.29, 1.82) is 0 Å². The van der Waals surface area contributed by atoms with E-state index in [1.807, 2.05) is 36.4 Å². The Balaban J connectivity index is 1.58. The van der Waals surface area contributed by atoms with E-state index in [0.717, 1.165) is 40.8 Å². The van der Waals surface area contributed by atoms with Crippen molar-refractivity contribution in [3.8, 4) is 11.1 Å². The first-order valence-corrected chi connectivity index (χ1v) is 11.3. The Morgan fingerprint density at radius 3 is 1.82 bits per heavy atom. The standard InChI is InChI=1S/C29H25N3O2/c33-32(34)25-16-17-27-26(18-25)29(24-14-8-3-9-15-24)28(30-27)21-31(19-22-10-4-1-5-11-22)20-23-12-6-2-7-13-23/h1-18,30H,19-21H2. The van der Waals surface area contributed by atoms with Gasteiger partial charge in [-0.3, -0.25) is 15.0 Å². The van der Waals surface area contributed by atoms with Gasteiger partial charge in [-0.05, 0) is 22.8 Å². The van der Waals surface area contributed by atoms with Crippen LogP contribution in [0.4, 0.5) is 5.69 Å². The van der Waals surface area contributed by atoms with Gasteiger partial charge in [-0.25, -0.2) is 0 Å². The molecule has 0 radical (unpaired) electrons. The van der Waals surface area contributed by atoms with Gasteiger partial charge in [0.05, 0.1) is 4.92 Å². The highest BCUT2D eigenvalue weighted by atomic mass is 16.6. The average molecular weight is 448 g/mol. The lowest BCUT2D eigenvalue weighted by molar-refractivity contribution is -0.384. The normalized spacial score (nSPS) is 11.2.